The number of amides is 4. The van der Waals surface area contributed by atoms with Crippen LogP contribution in [0, 0.1) is 0 Å². The van der Waals surface area contributed by atoms with Gasteiger partial charge >= 0.3 is 11.9 Å². The van der Waals surface area contributed by atoms with Crippen LogP contribution in [0.5, 0.6) is 0 Å². The summed E-state index contributed by atoms with van der Waals surface area (Å²) < 4.78 is 9.38. The molecule has 2 rings (SSSR count). The second-order valence-corrected chi connectivity index (χ2v) is 5.16. The van der Waals surface area contributed by atoms with E-state index < -0.39 is 54.4 Å². The van der Waals surface area contributed by atoms with E-state index in [1.807, 2.05) is 0 Å². The number of nitrogens with zero attached hydrogens (tertiary/aromatic N) is 2. The Balaban J connectivity index is 1.82. The van der Waals surface area contributed by atoms with Crippen molar-refractivity contribution < 1.29 is 38.2 Å². The van der Waals surface area contributed by atoms with E-state index in [4.69, 9.17) is 9.47 Å². The van der Waals surface area contributed by atoms with Gasteiger partial charge in [0.25, 0.3) is 23.6 Å². The third kappa shape index (κ3) is 3.62. The summed E-state index contributed by atoms with van der Waals surface area (Å²) >= 11 is 0. The molecule has 25 heavy (non-hydrogen) atoms. The number of rotatable bonds is 6. The molecule has 2 aliphatic rings. The molecule has 10 nitrogen and oxygen atoms in total. The quantitative estimate of drug-likeness (QED) is 0.327. The molecule has 0 saturated heterocycles. The minimum atomic E-state index is -1.20. The molecule has 0 bridgehead atoms. The molecule has 10 heteroatoms. The molecule has 132 valence electrons. The van der Waals surface area contributed by atoms with Crippen molar-refractivity contribution in [3.63, 3.8) is 0 Å². The van der Waals surface area contributed by atoms with Crippen LogP contribution in [0.1, 0.15) is 13.8 Å². The lowest BCUT2D eigenvalue weighted by Gasteiger charge is -2.22. The summed E-state index contributed by atoms with van der Waals surface area (Å²) in [5.74, 6) is -4.53. The van der Waals surface area contributed by atoms with Gasteiger partial charge in [-0.25, -0.2) is 9.59 Å². The molecule has 0 aromatic heterocycles. The van der Waals surface area contributed by atoms with Gasteiger partial charge in [0.1, 0.15) is 12.1 Å². The predicted octanol–water partition coefficient (Wildman–Crippen LogP) is -1.34. The Bertz CT molecular complexity index is 627. The minimum Gasteiger partial charge on any atom is -0.426 e. The zero-order valence-electron chi connectivity index (χ0n) is 13.3. The summed E-state index contributed by atoms with van der Waals surface area (Å²) in [6.45, 7) is 1.77. The van der Waals surface area contributed by atoms with E-state index in [1.54, 1.807) is 0 Å². The second kappa shape index (κ2) is 7.07. The van der Waals surface area contributed by atoms with Crippen LogP contribution in [0.3, 0.4) is 0 Å². The van der Waals surface area contributed by atoms with Gasteiger partial charge in [0.05, 0.1) is 0 Å². The molecule has 0 N–H and O–H groups in total. The molecular weight excluding hydrogens is 336 g/mol. The van der Waals surface area contributed by atoms with E-state index in [0.717, 1.165) is 24.3 Å². The monoisotopic (exact) mass is 350 g/mol. The molecule has 0 radical (unpaired) electrons. The Morgan fingerprint density at radius 1 is 0.760 bits per heavy atom. The Kier molecular flexibility index (Phi) is 5.11. The van der Waals surface area contributed by atoms with E-state index in [1.165, 1.54) is 13.8 Å². The fourth-order valence-electron chi connectivity index (χ4n) is 2.18. The normalized spacial score (nSPS) is 18.8. The molecule has 0 aromatic carbocycles. The maximum Gasteiger partial charge on any atom is 0.331 e. The summed E-state index contributed by atoms with van der Waals surface area (Å²) in [6.07, 6.45) is 4.08. The van der Waals surface area contributed by atoms with Crippen LogP contribution in [-0.2, 0) is 38.2 Å². The fraction of sp³-hybridized carbons (Fsp3) is 0.333. The van der Waals surface area contributed by atoms with Crippen LogP contribution < -0.4 is 0 Å². The minimum absolute atomic E-state index is 0.654. The Morgan fingerprint density at radius 3 is 1.32 bits per heavy atom. The Hall–Kier alpha value is -3.30. The molecule has 0 aromatic rings. The average molecular weight is 350 g/mol. The second-order valence-electron chi connectivity index (χ2n) is 5.16. The number of carbonyl (C=O) groups is 6. The predicted molar refractivity (Wildman–Crippen MR) is 78.0 cm³/mol. The Labute approximate surface area is 141 Å². The van der Waals surface area contributed by atoms with Gasteiger partial charge in [0.15, 0.2) is 0 Å². The molecular formula is C15H14N2O8. The number of carbonyl (C=O) groups excluding carboxylic acids is 6. The van der Waals surface area contributed by atoms with E-state index in [-0.39, 0.29) is 0 Å². The van der Waals surface area contributed by atoms with Crippen LogP contribution in [-0.4, -0.2) is 64.2 Å². The van der Waals surface area contributed by atoms with Crippen molar-refractivity contribution in [1.29, 1.82) is 0 Å². The van der Waals surface area contributed by atoms with Crippen molar-refractivity contribution >= 4 is 35.6 Å². The van der Waals surface area contributed by atoms with Crippen LogP contribution in [0.4, 0.5) is 0 Å². The average Bonchev–Trinajstić information content (AvgIpc) is 3.07. The fourth-order valence-corrected chi connectivity index (χ4v) is 2.18. The number of hydrogen-bond donors (Lipinski definition) is 0. The molecule has 0 spiro atoms. The first kappa shape index (κ1) is 18.0. The highest BCUT2D eigenvalue weighted by molar-refractivity contribution is 6.15. The van der Waals surface area contributed by atoms with Gasteiger partial charge in [0.2, 0.25) is 6.79 Å². The molecule has 4 amide bonds. The number of imide groups is 2. The highest BCUT2D eigenvalue weighted by atomic mass is 16.7. The van der Waals surface area contributed by atoms with Crippen molar-refractivity contribution in [1.82, 2.24) is 9.80 Å². The van der Waals surface area contributed by atoms with Gasteiger partial charge in [-0.2, -0.15) is 0 Å². The summed E-state index contributed by atoms with van der Waals surface area (Å²) in [7, 11) is 0. The van der Waals surface area contributed by atoms with Gasteiger partial charge in [0, 0.05) is 24.3 Å². The molecule has 2 heterocycles. The van der Waals surface area contributed by atoms with Crippen LogP contribution in [0.25, 0.3) is 0 Å². The number of hydrogen-bond acceptors (Lipinski definition) is 8. The van der Waals surface area contributed by atoms with Crippen molar-refractivity contribution in [3.8, 4) is 0 Å². The Morgan fingerprint density at radius 2 is 1.04 bits per heavy atom. The lowest BCUT2D eigenvalue weighted by Crippen LogP contribution is -2.45. The van der Waals surface area contributed by atoms with Gasteiger partial charge in [-0.05, 0) is 13.8 Å². The number of ether oxygens (including phenoxy) is 2. The highest BCUT2D eigenvalue weighted by Crippen LogP contribution is 2.12. The third-order valence-corrected chi connectivity index (χ3v) is 3.55. The summed E-state index contributed by atoms with van der Waals surface area (Å²) in [4.78, 5) is 70.9. The topological polar surface area (TPSA) is 127 Å². The van der Waals surface area contributed by atoms with Crippen LogP contribution in [0.15, 0.2) is 24.3 Å². The van der Waals surface area contributed by atoms with E-state index >= 15 is 0 Å². The molecule has 0 saturated carbocycles. The smallest absolute Gasteiger partial charge is 0.331 e. The summed E-state index contributed by atoms with van der Waals surface area (Å²) in [5, 5.41) is 0. The first-order valence-corrected chi connectivity index (χ1v) is 7.17. The van der Waals surface area contributed by atoms with Gasteiger partial charge in [-0.15, -0.1) is 0 Å². The van der Waals surface area contributed by atoms with Gasteiger partial charge < -0.3 is 9.47 Å². The van der Waals surface area contributed by atoms with Crippen molar-refractivity contribution in [2.24, 2.45) is 0 Å². The summed E-state index contributed by atoms with van der Waals surface area (Å²) in [6, 6.07) is -2.39. The maximum atomic E-state index is 11.8. The van der Waals surface area contributed by atoms with Gasteiger partial charge in [-0.1, -0.05) is 0 Å². The standard InChI is InChI=1S/C15H14N2O8/c1-8(16-10(18)3-4-11(16)19)14(22)24-7-25-15(23)9(2)17-12(20)5-6-13(17)21/h3-6,8-9H,7H2,1-2H3. The number of esters is 2. The van der Waals surface area contributed by atoms with E-state index in [0.29, 0.717) is 9.80 Å². The SMILES string of the molecule is CC(C(=O)OCOC(=O)C(C)N1C(=O)C=CC1=O)N1C(=O)C=CC1=O. The third-order valence-electron chi connectivity index (χ3n) is 3.55. The molecule has 0 fully saturated rings. The summed E-state index contributed by atoms with van der Waals surface area (Å²) in [5.41, 5.74) is 0. The highest BCUT2D eigenvalue weighted by Gasteiger charge is 2.35. The molecule has 2 atom stereocenters. The van der Waals surface area contributed by atoms with E-state index in [9.17, 15) is 28.8 Å². The molecule has 2 aliphatic heterocycles. The van der Waals surface area contributed by atoms with Gasteiger partial charge in [-0.3, -0.25) is 29.0 Å². The first-order valence-electron chi connectivity index (χ1n) is 7.17. The molecule has 2 unspecified atom stereocenters. The van der Waals surface area contributed by atoms with Crippen molar-refractivity contribution in [2.75, 3.05) is 6.79 Å². The zero-order valence-corrected chi connectivity index (χ0v) is 13.3. The maximum absolute atomic E-state index is 11.8. The molecule has 0 aliphatic carbocycles. The van der Waals surface area contributed by atoms with Crippen LogP contribution >= 0.6 is 0 Å². The van der Waals surface area contributed by atoms with E-state index in [2.05, 4.69) is 0 Å². The first-order chi connectivity index (χ1) is 11.7. The lowest BCUT2D eigenvalue weighted by molar-refractivity contribution is -0.176. The van der Waals surface area contributed by atoms with Crippen molar-refractivity contribution in [3.05, 3.63) is 24.3 Å². The largest absolute Gasteiger partial charge is 0.426 e. The van der Waals surface area contributed by atoms with Crippen LogP contribution in [0.2, 0.25) is 0 Å². The van der Waals surface area contributed by atoms with Crippen molar-refractivity contribution in [2.45, 2.75) is 25.9 Å². The zero-order chi connectivity index (χ0) is 18.7. The lowest BCUT2D eigenvalue weighted by atomic mass is 10.3.